The zero-order chi connectivity index (χ0) is 12.0. The Balaban J connectivity index is 2.09. The van der Waals surface area contributed by atoms with E-state index in [-0.39, 0.29) is 5.91 Å². The van der Waals surface area contributed by atoms with E-state index in [4.69, 9.17) is 10.5 Å². The van der Waals surface area contributed by atoms with E-state index in [0.29, 0.717) is 26.2 Å². The minimum Gasteiger partial charge on any atom is -0.376 e. The first-order valence-corrected chi connectivity index (χ1v) is 5.88. The third kappa shape index (κ3) is 1.56. The predicted octanol–water partition coefficient (Wildman–Crippen LogP) is -0.350. The van der Waals surface area contributed by atoms with E-state index in [1.807, 2.05) is 4.68 Å². The molecule has 0 radical (unpaired) electrons. The fraction of sp³-hybridized carbons (Fsp3) is 0.636. The molecule has 1 atom stereocenters. The van der Waals surface area contributed by atoms with Gasteiger partial charge in [0.15, 0.2) is 0 Å². The van der Waals surface area contributed by atoms with Crippen LogP contribution in [0.15, 0.2) is 0 Å². The first-order chi connectivity index (χ1) is 8.18. The molecule has 2 aliphatic heterocycles. The summed E-state index contributed by atoms with van der Waals surface area (Å²) in [6.45, 7) is 1.94. The van der Waals surface area contributed by atoms with Crippen molar-refractivity contribution in [1.29, 1.82) is 0 Å². The predicted molar refractivity (Wildman–Crippen MR) is 61.6 cm³/mol. The van der Waals surface area contributed by atoms with Gasteiger partial charge in [-0.05, 0) is 6.42 Å². The van der Waals surface area contributed by atoms with Crippen LogP contribution < -0.4 is 10.6 Å². The van der Waals surface area contributed by atoms with Crippen molar-refractivity contribution < 1.29 is 9.53 Å². The molecule has 6 nitrogen and oxygen atoms in total. The average Bonchev–Trinajstić information content (AvgIpc) is 2.67. The largest absolute Gasteiger partial charge is 0.376 e. The molecule has 0 saturated carbocycles. The minimum atomic E-state index is -0.429. The lowest BCUT2D eigenvalue weighted by Gasteiger charge is -2.20. The highest BCUT2D eigenvalue weighted by Crippen LogP contribution is 2.29. The molecular formula is C11H16N4O2. The van der Waals surface area contributed by atoms with Gasteiger partial charge < -0.3 is 10.5 Å². The molecule has 0 aromatic carbocycles. The number of hydrogen-bond donors (Lipinski definition) is 1. The molecule has 0 aliphatic carbocycles. The van der Waals surface area contributed by atoms with Crippen LogP contribution in [0.2, 0.25) is 0 Å². The molecule has 1 amide bonds. The summed E-state index contributed by atoms with van der Waals surface area (Å²) in [5, 5.41) is 4.56. The number of aromatic nitrogens is 2. The van der Waals surface area contributed by atoms with E-state index < -0.39 is 6.04 Å². The lowest BCUT2D eigenvalue weighted by molar-refractivity contribution is -0.119. The van der Waals surface area contributed by atoms with Crippen molar-refractivity contribution in [3.63, 3.8) is 0 Å². The highest BCUT2D eigenvalue weighted by Gasteiger charge is 2.31. The number of rotatable bonds is 0. The van der Waals surface area contributed by atoms with Crippen molar-refractivity contribution in [2.75, 3.05) is 18.6 Å². The van der Waals surface area contributed by atoms with Crippen LogP contribution in [0, 0.1) is 0 Å². The molecule has 92 valence electrons. The number of carbonyl (C=O) groups excluding carboxylic acids is 1. The Morgan fingerprint density at radius 3 is 3.18 bits per heavy atom. The van der Waals surface area contributed by atoms with Crippen molar-refractivity contribution in [2.24, 2.45) is 5.73 Å². The molecular weight excluding hydrogens is 220 g/mol. The van der Waals surface area contributed by atoms with Gasteiger partial charge in [0.1, 0.15) is 5.82 Å². The van der Waals surface area contributed by atoms with Gasteiger partial charge in [-0.15, -0.1) is 0 Å². The Labute approximate surface area is 99.3 Å². The SMILES string of the molecule is CN1C(=O)C(N)CCn2nc3c(c21)COCC3. The summed E-state index contributed by atoms with van der Waals surface area (Å²) in [5.41, 5.74) is 7.92. The Morgan fingerprint density at radius 2 is 2.35 bits per heavy atom. The summed E-state index contributed by atoms with van der Waals surface area (Å²) in [4.78, 5) is 13.6. The van der Waals surface area contributed by atoms with Crippen LogP contribution in [-0.4, -0.2) is 35.4 Å². The molecule has 0 fully saturated rings. The molecule has 1 aromatic heterocycles. The summed E-state index contributed by atoms with van der Waals surface area (Å²) in [5.74, 6) is 0.815. The topological polar surface area (TPSA) is 73.4 Å². The standard InChI is InChI=1S/C11H16N4O2/c1-14-10-7-6-17-5-3-9(7)13-15(10)4-2-8(12)11(14)16/h8H,2-6,12H2,1H3. The van der Waals surface area contributed by atoms with Gasteiger partial charge in [-0.1, -0.05) is 0 Å². The molecule has 0 spiro atoms. The number of ether oxygens (including phenoxy) is 1. The van der Waals surface area contributed by atoms with Crippen LogP contribution in [0.4, 0.5) is 5.82 Å². The van der Waals surface area contributed by atoms with Gasteiger partial charge in [0.05, 0.1) is 24.9 Å². The van der Waals surface area contributed by atoms with Crippen molar-refractivity contribution in [3.05, 3.63) is 11.3 Å². The van der Waals surface area contributed by atoms with Gasteiger partial charge in [0.2, 0.25) is 5.91 Å². The first-order valence-electron chi connectivity index (χ1n) is 5.88. The van der Waals surface area contributed by atoms with E-state index in [9.17, 15) is 4.79 Å². The number of fused-ring (bicyclic) bond motifs is 3. The van der Waals surface area contributed by atoms with E-state index in [1.165, 1.54) is 0 Å². The molecule has 0 bridgehead atoms. The van der Waals surface area contributed by atoms with Crippen LogP contribution in [0.25, 0.3) is 0 Å². The second-order valence-corrected chi connectivity index (χ2v) is 4.57. The summed E-state index contributed by atoms with van der Waals surface area (Å²) >= 11 is 0. The number of nitrogens with zero attached hydrogens (tertiary/aromatic N) is 3. The molecule has 1 aromatic rings. The number of hydrogen-bond acceptors (Lipinski definition) is 4. The zero-order valence-electron chi connectivity index (χ0n) is 9.85. The second kappa shape index (κ2) is 3.82. The fourth-order valence-corrected chi connectivity index (χ4v) is 2.50. The van der Waals surface area contributed by atoms with Gasteiger partial charge in [-0.3, -0.25) is 9.69 Å². The maximum absolute atomic E-state index is 12.0. The molecule has 1 unspecified atom stereocenters. The molecule has 3 heterocycles. The van der Waals surface area contributed by atoms with Crippen LogP contribution in [0.5, 0.6) is 0 Å². The third-order valence-corrected chi connectivity index (χ3v) is 3.45. The van der Waals surface area contributed by atoms with Crippen LogP contribution >= 0.6 is 0 Å². The van der Waals surface area contributed by atoms with Crippen LogP contribution in [0.3, 0.4) is 0 Å². The Hall–Kier alpha value is -1.40. The first kappa shape index (κ1) is 10.7. The van der Waals surface area contributed by atoms with Crippen molar-refractivity contribution in [3.8, 4) is 0 Å². The molecule has 17 heavy (non-hydrogen) atoms. The Morgan fingerprint density at radius 1 is 1.53 bits per heavy atom. The monoisotopic (exact) mass is 236 g/mol. The smallest absolute Gasteiger partial charge is 0.244 e. The summed E-state index contributed by atoms with van der Waals surface area (Å²) in [6.07, 6.45) is 1.46. The quantitative estimate of drug-likeness (QED) is 0.668. The lowest BCUT2D eigenvalue weighted by Crippen LogP contribution is -2.41. The maximum Gasteiger partial charge on any atom is 0.244 e. The highest BCUT2D eigenvalue weighted by atomic mass is 16.5. The zero-order valence-corrected chi connectivity index (χ0v) is 9.85. The normalized spacial score (nSPS) is 24.2. The Bertz CT molecular complexity index is 468. The molecule has 6 heteroatoms. The van der Waals surface area contributed by atoms with Crippen molar-refractivity contribution in [1.82, 2.24) is 9.78 Å². The maximum atomic E-state index is 12.0. The van der Waals surface area contributed by atoms with E-state index in [1.54, 1.807) is 11.9 Å². The number of carbonyl (C=O) groups is 1. The van der Waals surface area contributed by atoms with E-state index in [0.717, 1.165) is 23.5 Å². The fourth-order valence-electron chi connectivity index (χ4n) is 2.50. The van der Waals surface area contributed by atoms with Crippen molar-refractivity contribution >= 4 is 11.7 Å². The summed E-state index contributed by atoms with van der Waals surface area (Å²) in [7, 11) is 1.76. The van der Waals surface area contributed by atoms with E-state index in [2.05, 4.69) is 5.10 Å². The van der Waals surface area contributed by atoms with Crippen molar-refractivity contribution in [2.45, 2.75) is 32.0 Å². The lowest BCUT2D eigenvalue weighted by atomic mass is 10.1. The number of anilines is 1. The number of amides is 1. The van der Waals surface area contributed by atoms with Crippen LogP contribution in [-0.2, 0) is 29.1 Å². The number of likely N-dealkylation sites (N-methyl/N-ethyl adjacent to an activating group) is 1. The third-order valence-electron chi connectivity index (χ3n) is 3.45. The van der Waals surface area contributed by atoms with E-state index >= 15 is 0 Å². The average molecular weight is 236 g/mol. The summed E-state index contributed by atoms with van der Waals surface area (Å²) in [6, 6.07) is -0.429. The molecule has 2 N–H and O–H groups in total. The summed E-state index contributed by atoms with van der Waals surface area (Å²) < 4.78 is 7.34. The second-order valence-electron chi connectivity index (χ2n) is 4.57. The van der Waals surface area contributed by atoms with Gasteiger partial charge in [0.25, 0.3) is 0 Å². The molecule has 3 rings (SSSR count). The van der Waals surface area contributed by atoms with Gasteiger partial charge >= 0.3 is 0 Å². The minimum absolute atomic E-state index is 0.0444. The Kier molecular flexibility index (Phi) is 2.41. The number of aryl methyl sites for hydroxylation is 1. The molecule has 0 saturated heterocycles. The van der Waals surface area contributed by atoms with Crippen LogP contribution in [0.1, 0.15) is 17.7 Å². The molecule has 2 aliphatic rings. The number of nitrogens with two attached hydrogens (primary N) is 1. The van der Waals surface area contributed by atoms with Gasteiger partial charge in [-0.25, -0.2) is 4.68 Å². The van der Waals surface area contributed by atoms with Gasteiger partial charge in [-0.2, -0.15) is 5.10 Å². The highest BCUT2D eigenvalue weighted by molar-refractivity contribution is 5.97. The van der Waals surface area contributed by atoms with Gasteiger partial charge in [0, 0.05) is 25.6 Å².